The Labute approximate surface area is 218 Å². The van der Waals surface area contributed by atoms with E-state index in [0.29, 0.717) is 5.89 Å². The van der Waals surface area contributed by atoms with Crippen LogP contribution >= 0.6 is 0 Å². The summed E-state index contributed by atoms with van der Waals surface area (Å²) in [5.74, 6) is 0.638. The van der Waals surface area contributed by atoms with E-state index >= 15 is 0 Å². The van der Waals surface area contributed by atoms with Gasteiger partial charge in [-0.2, -0.15) is 0 Å². The molecule has 2 heterocycles. The molecule has 2 aromatic heterocycles. The summed E-state index contributed by atoms with van der Waals surface area (Å²) in [5, 5.41) is 4.46. The van der Waals surface area contributed by atoms with E-state index < -0.39 is 0 Å². The van der Waals surface area contributed by atoms with Gasteiger partial charge in [-0.15, -0.1) is 0 Å². The van der Waals surface area contributed by atoms with Gasteiger partial charge in [0.2, 0.25) is 5.89 Å². The highest BCUT2D eigenvalue weighted by molar-refractivity contribution is 6.10. The largest absolute Gasteiger partial charge is 0.455 e. The van der Waals surface area contributed by atoms with Crippen LogP contribution < -0.4 is 0 Å². The molecule has 0 aliphatic heterocycles. The van der Waals surface area contributed by atoms with Crippen molar-refractivity contribution in [2.45, 2.75) is 0 Å². The molecule has 0 aliphatic carbocycles. The molecule has 3 heteroatoms. The molecule has 0 saturated carbocycles. The molecule has 0 spiro atoms. The zero-order valence-electron chi connectivity index (χ0n) is 20.4. The SMILES string of the molecule is c1ccc(-c2nc3ccc4ccc(-c5cccc(-c6cccc7c6oc6ccccc67)c5)cc4c3o2)cc1. The Morgan fingerprint density at radius 3 is 2.13 bits per heavy atom. The van der Waals surface area contributed by atoms with Gasteiger partial charge in [0.25, 0.3) is 0 Å². The van der Waals surface area contributed by atoms with Crippen LogP contribution in [0.15, 0.2) is 136 Å². The fraction of sp³-hybridized carbons (Fsp3) is 0. The van der Waals surface area contributed by atoms with E-state index in [4.69, 9.17) is 13.8 Å². The van der Waals surface area contributed by atoms with Crippen molar-refractivity contribution in [2.24, 2.45) is 0 Å². The van der Waals surface area contributed by atoms with E-state index in [9.17, 15) is 0 Å². The molecule has 0 radical (unpaired) electrons. The van der Waals surface area contributed by atoms with Crippen LogP contribution in [-0.2, 0) is 0 Å². The molecule has 0 N–H and O–H groups in total. The van der Waals surface area contributed by atoms with Crippen molar-refractivity contribution < 1.29 is 8.83 Å². The molecule has 0 bridgehead atoms. The number of oxazole rings is 1. The van der Waals surface area contributed by atoms with E-state index in [2.05, 4.69) is 78.9 Å². The highest BCUT2D eigenvalue weighted by atomic mass is 16.3. The summed E-state index contributed by atoms with van der Waals surface area (Å²) in [7, 11) is 0. The number of hydrogen-bond acceptors (Lipinski definition) is 3. The van der Waals surface area contributed by atoms with E-state index in [1.54, 1.807) is 0 Å². The molecule has 8 rings (SSSR count). The van der Waals surface area contributed by atoms with Crippen molar-refractivity contribution in [3.8, 4) is 33.7 Å². The molecule has 0 atom stereocenters. The highest BCUT2D eigenvalue weighted by Crippen LogP contribution is 2.38. The summed E-state index contributed by atoms with van der Waals surface area (Å²) in [6, 6.07) is 43.9. The Bertz CT molecular complexity index is 2130. The third-order valence-electron chi connectivity index (χ3n) is 7.30. The van der Waals surface area contributed by atoms with E-state index in [-0.39, 0.29) is 0 Å². The van der Waals surface area contributed by atoms with Crippen molar-refractivity contribution in [1.82, 2.24) is 4.98 Å². The van der Waals surface area contributed by atoms with Gasteiger partial charge < -0.3 is 8.83 Å². The van der Waals surface area contributed by atoms with E-state index in [1.165, 1.54) is 0 Å². The molecule has 0 amide bonds. The molecule has 38 heavy (non-hydrogen) atoms. The zero-order valence-corrected chi connectivity index (χ0v) is 20.4. The lowest BCUT2D eigenvalue weighted by Gasteiger charge is -2.08. The minimum absolute atomic E-state index is 0.638. The molecule has 0 fully saturated rings. The zero-order chi connectivity index (χ0) is 25.1. The van der Waals surface area contributed by atoms with Crippen LogP contribution in [0.4, 0.5) is 0 Å². The summed E-state index contributed by atoms with van der Waals surface area (Å²) < 4.78 is 12.6. The smallest absolute Gasteiger partial charge is 0.227 e. The van der Waals surface area contributed by atoms with Gasteiger partial charge in [0, 0.05) is 27.3 Å². The summed E-state index contributed by atoms with van der Waals surface area (Å²) in [5.41, 5.74) is 8.94. The van der Waals surface area contributed by atoms with Crippen molar-refractivity contribution >= 4 is 43.8 Å². The molecular formula is C35H21NO2. The van der Waals surface area contributed by atoms with Crippen LogP contribution in [0.1, 0.15) is 0 Å². The van der Waals surface area contributed by atoms with E-state index in [0.717, 1.165) is 71.6 Å². The minimum Gasteiger partial charge on any atom is -0.455 e. The van der Waals surface area contributed by atoms with Crippen molar-refractivity contribution in [1.29, 1.82) is 0 Å². The second kappa shape index (κ2) is 8.19. The Kier molecular flexibility index (Phi) is 4.52. The Hall–Kier alpha value is -5.15. The maximum atomic E-state index is 6.31. The van der Waals surface area contributed by atoms with Gasteiger partial charge in [0.05, 0.1) is 0 Å². The predicted molar refractivity (Wildman–Crippen MR) is 155 cm³/mol. The number of para-hydroxylation sites is 2. The average Bonchev–Trinajstić information content (AvgIpc) is 3.60. The van der Waals surface area contributed by atoms with Crippen LogP contribution in [0.3, 0.4) is 0 Å². The van der Waals surface area contributed by atoms with Crippen LogP contribution in [-0.4, -0.2) is 4.98 Å². The topological polar surface area (TPSA) is 39.2 Å². The first-order chi connectivity index (χ1) is 18.8. The van der Waals surface area contributed by atoms with Crippen LogP contribution in [0, 0.1) is 0 Å². The van der Waals surface area contributed by atoms with Crippen molar-refractivity contribution in [3.63, 3.8) is 0 Å². The standard InChI is InChI=1S/C35H21NO2/c1-2-8-23(9-3-1)35-36-31-19-18-22-16-17-25(21-30(22)34(31)38-35)24-10-6-11-26(20-24)27-13-7-14-29-28-12-4-5-15-32(28)37-33(27)29/h1-21H. The summed E-state index contributed by atoms with van der Waals surface area (Å²) in [6.07, 6.45) is 0. The number of nitrogens with zero attached hydrogens (tertiary/aromatic N) is 1. The number of hydrogen-bond donors (Lipinski definition) is 0. The van der Waals surface area contributed by atoms with Gasteiger partial charge in [0.1, 0.15) is 16.7 Å². The third-order valence-corrected chi connectivity index (χ3v) is 7.30. The first kappa shape index (κ1) is 21.0. The lowest BCUT2D eigenvalue weighted by Crippen LogP contribution is -1.83. The first-order valence-electron chi connectivity index (χ1n) is 12.7. The molecule has 178 valence electrons. The monoisotopic (exact) mass is 487 g/mol. The second-order valence-electron chi connectivity index (χ2n) is 9.60. The Balaban J connectivity index is 1.27. The van der Waals surface area contributed by atoms with Gasteiger partial charge in [-0.05, 0) is 58.5 Å². The summed E-state index contributed by atoms with van der Waals surface area (Å²) in [6.45, 7) is 0. The number of fused-ring (bicyclic) bond motifs is 6. The van der Waals surface area contributed by atoms with Gasteiger partial charge in [-0.25, -0.2) is 4.98 Å². The second-order valence-corrected chi connectivity index (χ2v) is 9.60. The summed E-state index contributed by atoms with van der Waals surface area (Å²) >= 11 is 0. The fourth-order valence-electron chi connectivity index (χ4n) is 5.43. The summed E-state index contributed by atoms with van der Waals surface area (Å²) in [4.78, 5) is 4.76. The number of benzene rings is 6. The van der Waals surface area contributed by atoms with Gasteiger partial charge in [-0.1, -0.05) is 91.0 Å². The van der Waals surface area contributed by atoms with Gasteiger partial charge in [0.15, 0.2) is 5.58 Å². The number of aromatic nitrogens is 1. The van der Waals surface area contributed by atoms with E-state index in [1.807, 2.05) is 48.5 Å². The first-order valence-corrected chi connectivity index (χ1v) is 12.7. The van der Waals surface area contributed by atoms with Crippen molar-refractivity contribution in [2.75, 3.05) is 0 Å². The van der Waals surface area contributed by atoms with Crippen molar-refractivity contribution in [3.05, 3.63) is 127 Å². The van der Waals surface area contributed by atoms with Crippen LogP contribution in [0.2, 0.25) is 0 Å². The molecule has 8 aromatic rings. The molecule has 0 unspecified atom stereocenters. The normalized spacial score (nSPS) is 11.7. The predicted octanol–water partition coefficient (Wildman–Crippen LogP) is 9.88. The fourth-order valence-corrected chi connectivity index (χ4v) is 5.43. The minimum atomic E-state index is 0.638. The van der Waals surface area contributed by atoms with Gasteiger partial charge in [-0.3, -0.25) is 0 Å². The highest BCUT2D eigenvalue weighted by Gasteiger charge is 2.14. The lowest BCUT2D eigenvalue weighted by molar-refractivity contribution is 0.623. The molecule has 0 saturated heterocycles. The van der Waals surface area contributed by atoms with Crippen LogP contribution in [0.25, 0.3) is 77.5 Å². The van der Waals surface area contributed by atoms with Crippen LogP contribution in [0.5, 0.6) is 0 Å². The molecule has 3 nitrogen and oxygen atoms in total. The van der Waals surface area contributed by atoms with Gasteiger partial charge >= 0.3 is 0 Å². The number of rotatable bonds is 3. The Morgan fingerprint density at radius 2 is 1.18 bits per heavy atom. The number of furan rings is 1. The average molecular weight is 488 g/mol. The maximum Gasteiger partial charge on any atom is 0.227 e. The molecule has 0 aliphatic rings. The molecule has 6 aromatic carbocycles. The quantitative estimate of drug-likeness (QED) is 0.249. The maximum absolute atomic E-state index is 6.31. The third kappa shape index (κ3) is 3.26. The lowest BCUT2D eigenvalue weighted by atomic mass is 9.96. The Morgan fingerprint density at radius 1 is 0.447 bits per heavy atom. The molecular weight excluding hydrogens is 466 g/mol.